The standard InChI is InChI=1S/C12H14FNO2/c1-16-12(15)11-6-7-14(11)8-9-2-4-10(13)5-3-9/h2-5,11H,6-8H2,1H3. The summed E-state index contributed by atoms with van der Waals surface area (Å²) < 4.78 is 17.4. The van der Waals surface area contributed by atoms with E-state index in [1.807, 2.05) is 4.90 Å². The van der Waals surface area contributed by atoms with Gasteiger partial charge in [0.05, 0.1) is 7.11 Å². The quantitative estimate of drug-likeness (QED) is 0.728. The third-order valence-corrected chi connectivity index (χ3v) is 2.90. The number of ether oxygens (including phenoxy) is 1. The Hall–Kier alpha value is -1.42. The van der Waals surface area contributed by atoms with E-state index in [-0.39, 0.29) is 17.8 Å². The fourth-order valence-electron chi connectivity index (χ4n) is 1.86. The molecule has 0 amide bonds. The summed E-state index contributed by atoms with van der Waals surface area (Å²) in [6.07, 6.45) is 0.841. The number of benzene rings is 1. The molecule has 0 N–H and O–H groups in total. The van der Waals surface area contributed by atoms with Gasteiger partial charge in [0.1, 0.15) is 11.9 Å². The third kappa shape index (κ3) is 2.22. The molecule has 1 fully saturated rings. The number of rotatable bonds is 3. The van der Waals surface area contributed by atoms with Gasteiger partial charge in [-0.15, -0.1) is 0 Å². The predicted molar refractivity (Wildman–Crippen MR) is 57.2 cm³/mol. The lowest BCUT2D eigenvalue weighted by molar-refractivity contribution is -0.152. The second-order valence-electron chi connectivity index (χ2n) is 3.92. The zero-order valence-corrected chi connectivity index (χ0v) is 9.15. The molecule has 1 saturated heterocycles. The second-order valence-corrected chi connectivity index (χ2v) is 3.92. The zero-order chi connectivity index (χ0) is 11.5. The number of carbonyl (C=O) groups is 1. The molecule has 2 rings (SSSR count). The van der Waals surface area contributed by atoms with Crippen LogP contribution in [0.5, 0.6) is 0 Å². The van der Waals surface area contributed by atoms with Crippen LogP contribution in [0.4, 0.5) is 4.39 Å². The molecule has 16 heavy (non-hydrogen) atoms. The van der Waals surface area contributed by atoms with Crippen molar-refractivity contribution >= 4 is 5.97 Å². The van der Waals surface area contributed by atoms with Crippen molar-refractivity contribution in [1.29, 1.82) is 0 Å². The topological polar surface area (TPSA) is 29.5 Å². The van der Waals surface area contributed by atoms with Gasteiger partial charge in [0.15, 0.2) is 0 Å². The van der Waals surface area contributed by atoms with Gasteiger partial charge in [-0.1, -0.05) is 12.1 Å². The van der Waals surface area contributed by atoms with Crippen LogP contribution in [0.3, 0.4) is 0 Å². The Kier molecular flexibility index (Phi) is 3.19. The summed E-state index contributed by atoms with van der Waals surface area (Å²) in [5, 5.41) is 0. The van der Waals surface area contributed by atoms with Gasteiger partial charge in [0, 0.05) is 13.1 Å². The van der Waals surface area contributed by atoms with E-state index < -0.39 is 0 Å². The van der Waals surface area contributed by atoms with E-state index in [0.717, 1.165) is 18.5 Å². The first-order chi connectivity index (χ1) is 7.70. The Labute approximate surface area is 93.8 Å². The smallest absolute Gasteiger partial charge is 0.323 e. The average Bonchev–Trinajstić information content (AvgIpc) is 2.26. The number of esters is 1. The molecular weight excluding hydrogens is 209 g/mol. The maximum absolute atomic E-state index is 12.7. The van der Waals surface area contributed by atoms with E-state index in [9.17, 15) is 9.18 Å². The maximum atomic E-state index is 12.7. The summed E-state index contributed by atoms with van der Waals surface area (Å²) in [6, 6.07) is 6.21. The van der Waals surface area contributed by atoms with Crippen molar-refractivity contribution in [2.45, 2.75) is 19.0 Å². The normalized spacial score (nSPS) is 20.2. The molecule has 1 aromatic rings. The first-order valence-electron chi connectivity index (χ1n) is 5.27. The zero-order valence-electron chi connectivity index (χ0n) is 9.15. The van der Waals surface area contributed by atoms with Crippen LogP contribution in [0, 0.1) is 5.82 Å². The number of halogens is 1. The Morgan fingerprint density at radius 3 is 2.69 bits per heavy atom. The largest absolute Gasteiger partial charge is 0.468 e. The SMILES string of the molecule is COC(=O)C1CCN1Cc1ccc(F)cc1. The van der Waals surface area contributed by atoms with Crippen LogP contribution in [-0.2, 0) is 16.1 Å². The van der Waals surface area contributed by atoms with Crippen molar-refractivity contribution < 1.29 is 13.9 Å². The number of hydrogen-bond acceptors (Lipinski definition) is 3. The molecule has 1 atom stereocenters. The number of nitrogens with zero attached hydrogens (tertiary/aromatic N) is 1. The lowest BCUT2D eigenvalue weighted by Gasteiger charge is -2.38. The van der Waals surface area contributed by atoms with E-state index in [4.69, 9.17) is 4.74 Å². The highest BCUT2D eigenvalue weighted by Gasteiger charge is 2.34. The van der Waals surface area contributed by atoms with E-state index in [1.165, 1.54) is 19.2 Å². The minimum Gasteiger partial charge on any atom is -0.468 e. The fourth-order valence-corrected chi connectivity index (χ4v) is 1.86. The van der Waals surface area contributed by atoms with Crippen molar-refractivity contribution in [3.05, 3.63) is 35.6 Å². The molecule has 0 saturated carbocycles. The van der Waals surface area contributed by atoms with Crippen LogP contribution in [0.15, 0.2) is 24.3 Å². The molecule has 0 radical (unpaired) electrons. The molecular formula is C12H14FNO2. The van der Waals surface area contributed by atoms with Crippen molar-refractivity contribution in [3.63, 3.8) is 0 Å². The van der Waals surface area contributed by atoms with E-state index >= 15 is 0 Å². The summed E-state index contributed by atoms with van der Waals surface area (Å²) in [4.78, 5) is 13.4. The van der Waals surface area contributed by atoms with Gasteiger partial charge < -0.3 is 4.74 Å². The van der Waals surface area contributed by atoms with Crippen LogP contribution >= 0.6 is 0 Å². The predicted octanol–water partition coefficient (Wildman–Crippen LogP) is 1.57. The Morgan fingerprint density at radius 1 is 1.50 bits per heavy atom. The monoisotopic (exact) mass is 223 g/mol. The number of likely N-dealkylation sites (tertiary alicyclic amines) is 1. The van der Waals surface area contributed by atoms with Crippen LogP contribution in [0.25, 0.3) is 0 Å². The highest BCUT2D eigenvalue weighted by Crippen LogP contribution is 2.21. The Bertz CT molecular complexity index is 377. The maximum Gasteiger partial charge on any atom is 0.323 e. The third-order valence-electron chi connectivity index (χ3n) is 2.90. The fraction of sp³-hybridized carbons (Fsp3) is 0.417. The van der Waals surface area contributed by atoms with Gasteiger partial charge in [-0.25, -0.2) is 4.39 Å². The van der Waals surface area contributed by atoms with Crippen LogP contribution in [0.2, 0.25) is 0 Å². The summed E-state index contributed by atoms with van der Waals surface area (Å²) in [6.45, 7) is 1.55. The second kappa shape index (κ2) is 4.61. The molecule has 0 aliphatic carbocycles. The highest BCUT2D eigenvalue weighted by atomic mass is 19.1. The van der Waals surface area contributed by atoms with Gasteiger partial charge >= 0.3 is 5.97 Å². The molecule has 3 nitrogen and oxygen atoms in total. The van der Waals surface area contributed by atoms with Gasteiger partial charge in [-0.3, -0.25) is 9.69 Å². The average molecular weight is 223 g/mol. The van der Waals surface area contributed by atoms with Crippen LogP contribution < -0.4 is 0 Å². The molecule has 0 bridgehead atoms. The van der Waals surface area contributed by atoms with Crippen molar-refractivity contribution in [3.8, 4) is 0 Å². The van der Waals surface area contributed by atoms with Crippen molar-refractivity contribution in [2.75, 3.05) is 13.7 Å². The lowest BCUT2D eigenvalue weighted by atomic mass is 10.0. The van der Waals surface area contributed by atoms with Crippen molar-refractivity contribution in [2.24, 2.45) is 0 Å². The summed E-state index contributed by atoms with van der Waals surface area (Å²) in [5.41, 5.74) is 1.01. The minimum absolute atomic E-state index is 0.130. The molecule has 1 aromatic carbocycles. The van der Waals surface area contributed by atoms with E-state index in [0.29, 0.717) is 6.54 Å². The number of carbonyl (C=O) groups excluding carboxylic acids is 1. The first kappa shape index (κ1) is 11.1. The molecule has 86 valence electrons. The Morgan fingerprint density at radius 2 is 2.19 bits per heavy atom. The highest BCUT2D eigenvalue weighted by molar-refractivity contribution is 5.76. The minimum atomic E-state index is -0.239. The summed E-state index contributed by atoms with van der Waals surface area (Å²) in [5.74, 6) is -0.426. The van der Waals surface area contributed by atoms with Gasteiger partial charge in [-0.2, -0.15) is 0 Å². The molecule has 0 spiro atoms. The molecule has 1 unspecified atom stereocenters. The summed E-state index contributed by atoms with van der Waals surface area (Å²) in [7, 11) is 1.40. The number of hydrogen-bond donors (Lipinski definition) is 0. The van der Waals surface area contributed by atoms with Crippen LogP contribution in [0.1, 0.15) is 12.0 Å². The van der Waals surface area contributed by atoms with Crippen LogP contribution in [-0.4, -0.2) is 30.6 Å². The lowest BCUT2D eigenvalue weighted by Crippen LogP contribution is -2.52. The number of methoxy groups -OCH3 is 1. The van der Waals surface area contributed by atoms with Crippen molar-refractivity contribution in [1.82, 2.24) is 4.90 Å². The molecule has 1 aliphatic heterocycles. The molecule has 4 heteroatoms. The Balaban J connectivity index is 1.95. The summed E-state index contributed by atoms with van der Waals surface area (Å²) >= 11 is 0. The van der Waals surface area contributed by atoms with E-state index in [1.54, 1.807) is 12.1 Å². The molecule has 1 heterocycles. The first-order valence-corrected chi connectivity index (χ1v) is 5.27. The van der Waals surface area contributed by atoms with E-state index in [2.05, 4.69) is 0 Å². The molecule has 0 aromatic heterocycles. The van der Waals surface area contributed by atoms with Gasteiger partial charge in [-0.05, 0) is 24.1 Å². The van der Waals surface area contributed by atoms with Gasteiger partial charge in [0.2, 0.25) is 0 Å². The van der Waals surface area contributed by atoms with Gasteiger partial charge in [0.25, 0.3) is 0 Å². The molecule has 1 aliphatic rings.